The van der Waals surface area contributed by atoms with Crippen LogP contribution in [0.25, 0.3) is 0 Å². The first-order chi connectivity index (χ1) is 10.4. The molecule has 0 aromatic carbocycles. The number of carbonyl (C=O) groups excluding carboxylic acids is 3. The lowest BCUT2D eigenvalue weighted by molar-refractivity contribution is -0.147. The van der Waals surface area contributed by atoms with E-state index < -0.39 is 26.7 Å². The fourth-order valence-electron chi connectivity index (χ4n) is 2.47. The van der Waals surface area contributed by atoms with Gasteiger partial charge in [0.2, 0.25) is 0 Å². The summed E-state index contributed by atoms with van der Waals surface area (Å²) in [5, 5.41) is 0.648. The second kappa shape index (κ2) is 8.72. The number of allylic oxidation sites excluding steroid dienone is 2. The van der Waals surface area contributed by atoms with Gasteiger partial charge in [0.1, 0.15) is 0 Å². The molecule has 7 heteroatoms. The SMILES string of the molecule is CC(=O)O[Si](OC(C)=O)(OC(C)=O)/C1=C/CCCCCCC1. The van der Waals surface area contributed by atoms with Crippen LogP contribution in [-0.4, -0.2) is 26.7 Å². The van der Waals surface area contributed by atoms with E-state index in [9.17, 15) is 14.4 Å². The molecule has 0 amide bonds. The second-order valence-corrected chi connectivity index (χ2v) is 7.74. The molecule has 0 fully saturated rings. The van der Waals surface area contributed by atoms with Gasteiger partial charge in [0.25, 0.3) is 17.9 Å². The number of hydrogen-bond donors (Lipinski definition) is 0. The molecule has 1 aliphatic carbocycles. The van der Waals surface area contributed by atoms with Gasteiger partial charge in [-0.15, -0.1) is 0 Å². The first-order valence-electron chi connectivity index (χ1n) is 7.64. The quantitative estimate of drug-likeness (QED) is 0.738. The third-order valence-corrected chi connectivity index (χ3v) is 6.18. The molecule has 1 aliphatic rings. The Morgan fingerprint density at radius 3 is 1.77 bits per heavy atom. The lowest BCUT2D eigenvalue weighted by Crippen LogP contribution is -2.51. The smallest absolute Gasteiger partial charge is 0.452 e. The van der Waals surface area contributed by atoms with Gasteiger partial charge >= 0.3 is 8.80 Å². The van der Waals surface area contributed by atoms with Crippen molar-refractivity contribution in [3.05, 3.63) is 11.3 Å². The van der Waals surface area contributed by atoms with Crippen LogP contribution >= 0.6 is 0 Å². The molecular formula is C15H24O6Si. The van der Waals surface area contributed by atoms with E-state index in [4.69, 9.17) is 13.3 Å². The fourth-order valence-corrected chi connectivity index (χ4v) is 5.00. The molecule has 124 valence electrons. The zero-order chi connectivity index (χ0) is 16.6. The Labute approximate surface area is 132 Å². The third kappa shape index (κ3) is 6.01. The molecule has 6 nitrogen and oxygen atoms in total. The summed E-state index contributed by atoms with van der Waals surface area (Å²) < 4.78 is 15.8. The van der Waals surface area contributed by atoms with Crippen molar-refractivity contribution in [3.8, 4) is 0 Å². The Morgan fingerprint density at radius 1 is 0.818 bits per heavy atom. The van der Waals surface area contributed by atoms with Crippen LogP contribution < -0.4 is 0 Å². The highest BCUT2D eigenvalue weighted by Gasteiger charge is 2.55. The summed E-state index contributed by atoms with van der Waals surface area (Å²) >= 11 is 0. The minimum Gasteiger partial charge on any atom is -0.452 e. The summed E-state index contributed by atoms with van der Waals surface area (Å²) in [5.41, 5.74) is 0. The van der Waals surface area contributed by atoms with Gasteiger partial charge in [-0.3, -0.25) is 14.4 Å². The molecule has 0 bridgehead atoms. The highest BCUT2D eigenvalue weighted by molar-refractivity contribution is 6.73. The van der Waals surface area contributed by atoms with Gasteiger partial charge in [0.15, 0.2) is 0 Å². The van der Waals surface area contributed by atoms with Crippen LogP contribution in [0.5, 0.6) is 0 Å². The highest BCUT2D eigenvalue weighted by atomic mass is 28.4. The molecule has 0 saturated heterocycles. The molecule has 22 heavy (non-hydrogen) atoms. The van der Waals surface area contributed by atoms with Crippen molar-refractivity contribution in [2.75, 3.05) is 0 Å². The van der Waals surface area contributed by atoms with Crippen molar-refractivity contribution in [3.63, 3.8) is 0 Å². The average molecular weight is 328 g/mol. The lowest BCUT2D eigenvalue weighted by atomic mass is 10.1. The summed E-state index contributed by atoms with van der Waals surface area (Å²) in [6.45, 7) is 3.64. The molecule has 0 N–H and O–H groups in total. The molecule has 0 atom stereocenters. The maximum Gasteiger partial charge on any atom is 0.738 e. The van der Waals surface area contributed by atoms with Gasteiger partial charge in [-0.05, 0) is 25.7 Å². The Morgan fingerprint density at radius 2 is 1.27 bits per heavy atom. The minimum absolute atomic E-state index is 0.597. The molecule has 0 aromatic rings. The summed E-state index contributed by atoms with van der Waals surface area (Å²) in [5.74, 6) is -1.89. The molecule has 0 saturated carbocycles. The van der Waals surface area contributed by atoms with E-state index in [0.717, 1.165) is 38.5 Å². The number of rotatable bonds is 4. The average Bonchev–Trinajstić information content (AvgIpc) is 2.49. The van der Waals surface area contributed by atoms with Gasteiger partial charge in [0, 0.05) is 26.0 Å². The molecular weight excluding hydrogens is 304 g/mol. The van der Waals surface area contributed by atoms with Gasteiger partial charge < -0.3 is 13.3 Å². The Kier molecular flexibility index (Phi) is 7.30. The fraction of sp³-hybridized carbons (Fsp3) is 0.667. The van der Waals surface area contributed by atoms with E-state index in [1.54, 1.807) is 0 Å². The number of carbonyl (C=O) groups is 3. The zero-order valence-corrected chi connectivity index (χ0v) is 14.5. The lowest BCUT2D eigenvalue weighted by Gasteiger charge is -2.28. The van der Waals surface area contributed by atoms with Gasteiger partial charge in [-0.25, -0.2) is 0 Å². The Balaban J connectivity index is 3.18. The topological polar surface area (TPSA) is 78.9 Å². The molecule has 0 unspecified atom stereocenters. The van der Waals surface area contributed by atoms with E-state index >= 15 is 0 Å². The number of hydrogen-bond acceptors (Lipinski definition) is 6. The van der Waals surface area contributed by atoms with Gasteiger partial charge in [-0.2, -0.15) is 0 Å². The van der Waals surface area contributed by atoms with Crippen molar-refractivity contribution in [1.82, 2.24) is 0 Å². The summed E-state index contributed by atoms with van der Waals surface area (Å²) in [6.07, 6.45) is 8.50. The van der Waals surface area contributed by atoms with Crippen molar-refractivity contribution in [2.24, 2.45) is 0 Å². The first-order valence-corrected chi connectivity index (χ1v) is 9.36. The Hall–Kier alpha value is -1.63. The van der Waals surface area contributed by atoms with E-state index in [1.165, 1.54) is 20.8 Å². The normalized spacial score (nSPS) is 18.8. The monoisotopic (exact) mass is 328 g/mol. The molecule has 0 aromatic heterocycles. The van der Waals surface area contributed by atoms with Crippen LogP contribution in [0.2, 0.25) is 0 Å². The maximum atomic E-state index is 11.5. The van der Waals surface area contributed by atoms with Crippen molar-refractivity contribution in [1.29, 1.82) is 0 Å². The maximum absolute atomic E-state index is 11.5. The molecule has 0 radical (unpaired) electrons. The van der Waals surface area contributed by atoms with Gasteiger partial charge in [-0.1, -0.05) is 25.3 Å². The standard InChI is InChI=1S/C15H24O6Si/c1-12(16)19-22(20-13(2)17,21-14(3)18)15-10-8-6-4-5-7-9-11-15/h10H,4-9,11H2,1-3H3/b15-10+. The van der Waals surface area contributed by atoms with Crippen LogP contribution in [0.15, 0.2) is 11.3 Å². The highest BCUT2D eigenvalue weighted by Crippen LogP contribution is 2.28. The van der Waals surface area contributed by atoms with E-state index in [2.05, 4.69) is 0 Å². The van der Waals surface area contributed by atoms with E-state index in [1.807, 2.05) is 6.08 Å². The first kappa shape index (κ1) is 18.4. The van der Waals surface area contributed by atoms with E-state index in [-0.39, 0.29) is 0 Å². The van der Waals surface area contributed by atoms with Crippen molar-refractivity contribution in [2.45, 2.75) is 65.7 Å². The summed E-state index contributed by atoms with van der Waals surface area (Å²) in [7, 11) is -3.85. The van der Waals surface area contributed by atoms with Crippen LogP contribution in [0, 0.1) is 0 Å². The van der Waals surface area contributed by atoms with Gasteiger partial charge in [0.05, 0.1) is 0 Å². The van der Waals surface area contributed by atoms with Crippen molar-refractivity contribution < 1.29 is 27.7 Å². The Bertz CT molecular complexity index is 416. The summed E-state index contributed by atoms with van der Waals surface area (Å²) in [4.78, 5) is 34.5. The molecule has 1 rings (SSSR count). The van der Waals surface area contributed by atoms with E-state index in [0.29, 0.717) is 11.6 Å². The zero-order valence-electron chi connectivity index (χ0n) is 13.5. The largest absolute Gasteiger partial charge is 0.738 e. The minimum atomic E-state index is -3.85. The van der Waals surface area contributed by atoms with Crippen molar-refractivity contribution >= 4 is 26.7 Å². The van der Waals surface area contributed by atoms with Crippen LogP contribution in [-0.2, 0) is 27.7 Å². The molecule has 0 aliphatic heterocycles. The predicted molar refractivity (Wildman–Crippen MR) is 81.5 cm³/mol. The summed E-state index contributed by atoms with van der Waals surface area (Å²) in [6, 6.07) is 0. The van der Waals surface area contributed by atoms with Crippen LogP contribution in [0.3, 0.4) is 0 Å². The van der Waals surface area contributed by atoms with Crippen LogP contribution in [0.4, 0.5) is 0 Å². The third-order valence-electron chi connectivity index (χ3n) is 3.27. The molecule has 0 heterocycles. The predicted octanol–water partition coefficient (Wildman–Crippen LogP) is 2.82. The second-order valence-electron chi connectivity index (χ2n) is 5.37. The van der Waals surface area contributed by atoms with Crippen LogP contribution in [0.1, 0.15) is 65.7 Å². The molecule has 0 spiro atoms.